The molecule has 0 aliphatic carbocycles. The third-order valence-corrected chi connectivity index (χ3v) is 4.35. The van der Waals surface area contributed by atoms with Gasteiger partial charge >= 0.3 is 5.97 Å². The number of thiazole rings is 1. The Hall–Kier alpha value is -1.20. The highest BCUT2D eigenvalue weighted by molar-refractivity contribution is 7.22. The van der Waals surface area contributed by atoms with E-state index in [1.807, 2.05) is 38.3 Å². The molecule has 0 atom stereocenters. The number of carboxylic acids is 1. The molecule has 90 valence electrons. The average Bonchev–Trinajstić information content (AvgIpc) is 2.85. The minimum atomic E-state index is -0.893. The summed E-state index contributed by atoms with van der Waals surface area (Å²) in [5.41, 5.74) is 0.415. The molecule has 0 amide bonds. The van der Waals surface area contributed by atoms with Crippen LogP contribution in [0.3, 0.4) is 0 Å². The molecule has 0 aliphatic heterocycles. The van der Waals surface area contributed by atoms with Crippen LogP contribution in [0.4, 0.5) is 0 Å². The third kappa shape index (κ3) is 2.40. The first-order valence-electron chi connectivity index (χ1n) is 5.18. The summed E-state index contributed by atoms with van der Waals surface area (Å²) in [6, 6.07) is 3.90. The Morgan fingerprint density at radius 3 is 2.53 bits per heavy atom. The fraction of sp³-hybridized carbons (Fsp3) is 0.333. The topological polar surface area (TPSA) is 50.2 Å². The van der Waals surface area contributed by atoms with Crippen LogP contribution in [0.25, 0.3) is 9.88 Å². The number of thiophene rings is 1. The van der Waals surface area contributed by atoms with Gasteiger partial charge in [-0.15, -0.1) is 22.7 Å². The Bertz CT molecular complexity index is 535. The van der Waals surface area contributed by atoms with E-state index in [0.29, 0.717) is 10.6 Å². The number of aromatic nitrogens is 1. The summed E-state index contributed by atoms with van der Waals surface area (Å²) in [5.74, 6) is -0.893. The predicted octanol–water partition coefficient (Wildman–Crippen LogP) is 3.87. The lowest BCUT2D eigenvalue weighted by atomic mass is 9.91. The molecule has 0 aliphatic rings. The van der Waals surface area contributed by atoms with Crippen LogP contribution in [0.15, 0.2) is 17.5 Å². The van der Waals surface area contributed by atoms with Gasteiger partial charge in [-0.2, -0.15) is 0 Å². The third-order valence-electron chi connectivity index (χ3n) is 2.26. The molecular formula is C12H13NO2S2. The van der Waals surface area contributed by atoms with E-state index in [1.165, 1.54) is 11.3 Å². The van der Waals surface area contributed by atoms with Crippen molar-refractivity contribution in [2.45, 2.75) is 26.2 Å². The van der Waals surface area contributed by atoms with E-state index in [2.05, 4.69) is 4.98 Å². The van der Waals surface area contributed by atoms with Crippen LogP contribution in [-0.4, -0.2) is 16.1 Å². The van der Waals surface area contributed by atoms with Gasteiger partial charge in [0.1, 0.15) is 9.88 Å². The molecule has 5 heteroatoms. The van der Waals surface area contributed by atoms with Crippen molar-refractivity contribution in [1.82, 2.24) is 4.98 Å². The summed E-state index contributed by atoms with van der Waals surface area (Å²) in [5, 5.41) is 12.0. The molecule has 0 aromatic carbocycles. The first-order chi connectivity index (χ1) is 7.89. The summed E-state index contributed by atoms with van der Waals surface area (Å²) in [4.78, 5) is 17.1. The second kappa shape index (κ2) is 4.23. The van der Waals surface area contributed by atoms with Crippen LogP contribution < -0.4 is 0 Å². The van der Waals surface area contributed by atoms with E-state index in [1.54, 1.807) is 11.3 Å². The molecular weight excluding hydrogens is 254 g/mol. The van der Waals surface area contributed by atoms with Gasteiger partial charge in [0, 0.05) is 5.41 Å². The number of nitrogens with zero attached hydrogens (tertiary/aromatic N) is 1. The van der Waals surface area contributed by atoms with Crippen molar-refractivity contribution in [3.8, 4) is 9.88 Å². The summed E-state index contributed by atoms with van der Waals surface area (Å²) >= 11 is 2.83. The molecule has 2 rings (SSSR count). The van der Waals surface area contributed by atoms with E-state index >= 15 is 0 Å². The maximum Gasteiger partial charge on any atom is 0.347 e. The van der Waals surface area contributed by atoms with Crippen LogP contribution in [0.5, 0.6) is 0 Å². The van der Waals surface area contributed by atoms with E-state index in [-0.39, 0.29) is 5.41 Å². The predicted molar refractivity (Wildman–Crippen MR) is 71.1 cm³/mol. The fourth-order valence-electron chi connectivity index (χ4n) is 1.48. The lowest BCUT2D eigenvalue weighted by Crippen LogP contribution is -2.16. The summed E-state index contributed by atoms with van der Waals surface area (Å²) < 4.78 is 0. The molecule has 0 bridgehead atoms. The lowest BCUT2D eigenvalue weighted by Gasteiger charge is -2.15. The van der Waals surface area contributed by atoms with Crippen molar-refractivity contribution >= 4 is 28.6 Å². The summed E-state index contributed by atoms with van der Waals surface area (Å²) in [6.45, 7) is 5.94. The van der Waals surface area contributed by atoms with Crippen LogP contribution in [0, 0.1) is 0 Å². The lowest BCUT2D eigenvalue weighted by molar-refractivity contribution is 0.0699. The molecule has 1 N–H and O–H groups in total. The van der Waals surface area contributed by atoms with E-state index in [9.17, 15) is 9.90 Å². The minimum Gasteiger partial charge on any atom is -0.477 e. The molecule has 0 saturated heterocycles. The zero-order valence-corrected chi connectivity index (χ0v) is 11.5. The number of carbonyl (C=O) groups is 1. The first kappa shape index (κ1) is 12.3. The molecule has 2 heterocycles. The molecule has 0 spiro atoms. The standard InChI is InChI=1S/C12H13NO2S2/c1-12(2,3)9-8(11(14)15)17-10(13-9)7-5-4-6-16-7/h4-6H,1-3H3,(H,14,15). The molecule has 3 nitrogen and oxygen atoms in total. The van der Waals surface area contributed by atoms with E-state index < -0.39 is 5.97 Å². The van der Waals surface area contributed by atoms with Crippen molar-refractivity contribution in [1.29, 1.82) is 0 Å². The van der Waals surface area contributed by atoms with Gasteiger partial charge < -0.3 is 5.11 Å². The smallest absolute Gasteiger partial charge is 0.347 e. The van der Waals surface area contributed by atoms with Gasteiger partial charge in [0.05, 0.1) is 10.6 Å². The fourth-order valence-corrected chi connectivity index (χ4v) is 3.39. The monoisotopic (exact) mass is 267 g/mol. The quantitative estimate of drug-likeness (QED) is 0.898. The largest absolute Gasteiger partial charge is 0.477 e. The van der Waals surface area contributed by atoms with Crippen LogP contribution >= 0.6 is 22.7 Å². The normalized spacial score (nSPS) is 11.7. The maximum atomic E-state index is 11.2. The highest BCUT2D eigenvalue weighted by Crippen LogP contribution is 2.36. The second-order valence-electron chi connectivity index (χ2n) is 4.73. The van der Waals surface area contributed by atoms with Crippen LogP contribution in [0.1, 0.15) is 36.1 Å². The number of hydrogen-bond acceptors (Lipinski definition) is 4. The molecule has 0 saturated carbocycles. The zero-order valence-electron chi connectivity index (χ0n) is 9.85. The molecule has 2 aromatic heterocycles. The Morgan fingerprint density at radius 2 is 2.12 bits per heavy atom. The molecule has 0 unspecified atom stereocenters. The zero-order chi connectivity index (χ0) is 12.6. The van der Waals surface area contributed by atoms with Crippen molar-refractivity contribution in [2.75, 3.05) is 0 Å². The first-order valence-corrected chi connectivity index (χ1v) is 6.87. The Kier molecular flexibility index (Phi) is 3.05. The van der Waals surface area contributed by atoms with Gasteiger partial charge in [0.25, 0.3) is 0 Å². The highest BCUT2D eigenvalue weighted by Gasteiger charge is 2.27. The van der Waals surface area contributed by atoms with Crippen molar-refractivity contribution < 1.29 is 9.90 Å². The van der Waals surface area contributed by atoms with E-state index in [0.717, 1.165) is 9.88 Å². The van der Waals surface area contributed by atoms with Crippen molar-refractivity contribution in [2.24, 2.45) is 0 Å². The number of carboxylic acid groups (broad SMARTS) is 1. The van der Waals surface area contributed by atoms with Gasteiger partial charge in [-0.3, -0.25) is 0 Å². The van der Waals surface area contributed by atoms with Gasteiger partial charge in [0.2, 0.25) is 0 Å². The summed E-state index contributed by atoms with van der Waals surface area (Å²) in [7, 11) is 0. The SMILES string of the molecule is CC(C)(C)c1nc(-c2cccs2)sc1C(=O)O. The summed E-state index contributed by atoms with van der Waals surface area (Å²) in [6.07, 6.45) is 0. The van der Waals surface area contributed by atoms with Crippen molar-refractivity contribution in [3.63, 3.8) is 0 Å². The second-order valence-corrected chi connectivity index (χ2v) is 6.68. The Morgan fingerprint density at radius 1 is 1.41 bits per heavy atom. The Labute approximate surface area is 108 Å². The van der Waals surface area contributed by atoms with Gasteiger partial charge in [-0.05, 0) is 11.4 Å². The van der Waals surface area contributed by atoms with Gasteiger partial charge in [-0.25, -0.2) is 9.78 Å². The molecule has 0 fully saturated rings. The van der Waals surface area contributed by atoms with Crippen LogP contribution in [0.2, 0.25) is 0 Å². The highest BCUT2D eigenvalue weighted by atomic mass is 32.1. The molecule has 2 aromatic rings. The van der Waals surface area contributed by atoms with Crippen molar-refractivity contribution in [3.05, 3.63) is 28.1 Å². The number of aromatic carboxylic acids is 1. The maximum absolute atomic E-state index is 11.2. The average molecular weight is 267 g/mol. The number of hydrogen-bond donors (Lipinski definition) is 1. The van der Waals surface area contributed by atoms with E-state index in [4.69, 9.17) is 0 Å². The Balaban J connectivity index is 2.56. The van der Waals surface area contributed by atoms with Gasteiger partial charge in [-0.1, -0.05) is 26.8 Å². The van der Waals surface area contributed by atoms with Crippen LogP contribution in [-0.2, 0) is 5.41 Å². The minimum absolute atomic E-state index is 0.250. The van der Waals surface area contributed by atoms with Gasteiger partial charge in [0.15, 0.2) is 0 Å². The molecule has 0 radical (unpaired) electrons. The number of rotatable bonds is 2. The molecule has 17 heavy (non-hydrogen) atoms.